The second-order valence-corrected chi connectivity index (χ2v) is 5.08. The predicted octanol–water partition coefficient (Wildman–Crippen LogP) is 3.13. The van der Waals surface area contributed by atoms with Gasteiger partial charge in [0.25, 0.3) is 0 Å². The summed E-state index contributed by atoms with van der Waals surface area (Å²) in [6.07, 6.45) is 0. The Labute approximate surface area is 143 Å². The third-order valence-electron chi connectivity index (χ3n) is 3.02. The van der Waals surface area contributed by atoms with E-state index in [4.69, 9.17) is 11.6 Å². The molecule has 0 radical (unpaired) electrons. The van der Waals surface area contributed by atoms with Gasteiger partial charge in [-0.25, -0.2) is 4.39 Å². The van der Waals surface area contributed by atoms with Crippen LogP contribution in [-0.2, 0) is 11.3 Å². The minimum atomic E-state index is -3.22. The Bertz CT molecular complexity index is 828. The first-order valence-electron chi connectivity index (χ1n) is 6.60. The summed E-state index contributed by atoms with van der Waals surface area (Å²) in [6, 6.07) is 2.66. The first kappa shape index (κ1) is 18.5. The molecule has 0 aliphatic heterocycles. The maximum absolute atomic E-state index is 13.1. The number of benzene rings is 1. The van der Waals surface area contributed by atoms with E-state index in [1.807, 2.05) is 0 Å². The molecule has 25 heavy (non-hydrogen) atoms. The van der Waals surface area contributed by atoms with Gasteiger partial charge in [0.2, 0.25) is 5.91 Å². The zero-order chi connectivity index (χ0) is 18.7. The van der Waals surface area contributed by atoms with Crippen LogP contribution in [-0.4, -0.2) is 27.2 Å². The van der Waals surface area contributed by atoms with Gasteiger partial charge in [0.15, 0.2) is 10.8 Å². The molecule has 0 fully saturated rings. The van der Waals surface area contributed by atoms with Crippen LogP contribution in [0, 0.1) is 22.9 Å². The van der Waals surface area contributed by atoms with Gasteiger partial charge in [-0.2, -0.15) is 13.5 Å². The molecule has 1 amide bonds. The Kier molecular flexibility index (Phi) is 5.47. The predicted molar refractivity (Wildman–Crippen MR) is 80.3 cm³/mol. The number of ether oxygens (including phenoxy) is 1. The number of carbonyl (C=O) groups excluding carboxylic acids is 1. The molecule has 0 aliphatic carbocycles. The molecule has 1 aromatic heterocycles. The number of hydrogen-bond acceptors (Lipinski definition) is 5. The first-order chi connectivity index (χ1) is 11.7. The maximum atomic E-state index is 13.1. The molecular formula is C13H10ClF3N4O4. The van der Waals surface area contributed by atoms with Crippen molar-refractivity contribution in [1.29, 1.82) is 0 Å². The van der Waals surface area contributed by atoms with Crippen LogP contribution in [0.5, 0.6) is 5.75 Å². The molecule has 2 aromatic rings. The lowest BCUT2D eigenvalue weighted by Crippen LogP contribution is -2.21. The van der Waals surface area contributed by atoms with Gasteiger partial charge in [-0.3, -0.25) is 4.79 Å². The zero-order valence-electron chi connectivity index (χ0n) is 12.5. The highest BCUT2D eigenvalue weighted by atomic mass is 35.5. The monoisotopic (exact) mass is 378 g/mol. The minimum absolute atomic E-state index is 0.173. The summed E-state index contributed by atoms with van der Waals surface area (Å²) < 4.78 is 42.9. The van der Waals surface area contributed by atoms with Gasteiger partial charge in [0, 0.05) is 6.07 Å². The topological polar surface area (TPSA) is 99.3 Å². The van der Waals surface area contributed by atoms with Crippen molar-refractivity contribution in [3.63, 3.8) is 0 Å². The van der Waals surface area contributed by atoms with Crippen molar-refractivity contribution >= 4 is 29.0 Å². The number of halogens is 4. The fourth-order valence-electron chi connectivity index (χ4n) is 1.90. The molecule has 2 rings (SSSR count). The number of nitro groups is 1. The fourth-order valence-corrected chi connectivity index (χ4v) is 2.10. The quantitative estimate of drug-likeness (QED) is 0.615. The lowest BCUT2D eigenvalue weighted by atomic mass is 10.3. The van der Waals surface area contributed by atoms with Gasteiger partial charge in [-0.1, -0.05) is 11.6 Å². The van der Waals surface area contributed by atoms with Gasteiger partial charge in [-0.05, 0) is 24.0 Å². The molecule has 1 aromatic carbocycles. The van der Waals surface area contributed by atoms with Crippen molar-refractivity contribution in [2.24, 2.45) is 0 Å². The van der Waals surface area contributed by atoms with Crippen molar-refractivity contribution in [3.05, 3.63) is 44.8 Å². The van der Waals surface area contributed by atoms with Crippen LogP contribution in [0.2, 0.25) is 5.02 Å². The SMILES string of the molecule is Cc1c(Cl)c([N+](=O)[O-])nn1CC(=O)Nc1ccc(F)cc1OC(F)F. The second-order valence-electron chi connectivity index (χ2n) is 4.70. The van der Waals surface area contributed by atoms with Gasteiger partial charge < -0.3 is 20.2 Å². The standard InChI is InChI=1S/C13H10ClF3N4O4/c1-6-11(14)12(21(23)24)19-20(6)5-10(22)18-8-3-2-7(15)4-9(8)25-13(16)17/h2-4,13H,5H2,1H3,(H,18,22). The number of aromatic nitrogens is 2. The Morgan fingerprint density at radius 3 is 2.76 bits per heavy atom. The number of hydrogen-bond donors (Lipinski definition) is 1. The van der Waals surface area contributed by atoms with E-state index in [0.717, 1.165) is 16.8 Å². The molecule has 12 heteroatoms. The molecule has 8 nitrogen and oxygen atoms in total. The number of carbonyl (C=O) groups is 1. The minimum Gasteiger partial charge on any atom is -0.432 e. The van der Waals surface area contributed by atoms with Crippen LogP contribution >= 0.6 is 11.6 Å². The van der Waals surface area contributed by atoms with E-state index >= 15 is 0 Å². The molecule has 0 atom stereocenters. The van der Waals surface area contributed by atoms with Crippen LogP contribution < -0.4 is 10.1 Å². The van der Waals surface area contributed by atoms with Crippen molar-refractivity contribution < 1.29 is 27.6 Å². The molecule has 0 unspecified atom stereocenters. The van der Waals surface area contributed by atoms with Crippen LogP contribution in [0.25, 0.3) is 0 Å². The maximum Gasteiger partial charge on any atom is 0.408 e. The van der Waals surface area contributed by atoms with E-state index in [0.29, 0.717) is 6.07 Å². The van der Waals surface area contributed by atoms with Crippen LogP contribution in [0.4, 0.5) is 24.7 Å². The summed E-state index contributed by atoms with van der Waals surface area (Å²) in [7, 11) is 0. The van der Waals surface area contributed by atoms with Crippen LogP contribution in [0.3, 0.4) is 0 Å². The Hall–Kier alpha value is -2.82. The van der Waals surface area contributed by atoms with E-state index in [-0.39, 0.29) is 16.4 Å². The van der Waals surface area contributed by atoms with Crippen molar-refractivity contribution in [2.45, 2.75) is 20.1 Å². The lowest BCUT2D eigenvalue weighted by molar-refractivity contribution is -0.389. The number of nitrogens with one attached hydrogen (secondary N) is 1. The molecular weight excluding hydrogens is 369 g/mol. The fraction of sp³-hybridized carbons (Fsp3) is 0.231. The first-order valence-corrected chi connectivity index (χ1v) is 6.98. The molecule has 1 N–H and O–H groups in total. The van der Waals surface area contributed by atoms with E-state index in [2.05, 4.69) is 15.2 Å². The Morgan fingerprint density at radius 1 is 1.52 bits per heavy atom. The highest BCUT2D eigenvalue weighted by Gasteiger charge is 2.25. The largest absolute Gasteiger partial charge is 0.432 e. The lowest BCUT2D eigenvalue weighted by Gasteiger charge is -2.11. The summed E-state index contributed by atoms with van der Waals surface area (Å²) in [5.74, 6) is -2.78. The van der Waals surface area contributed by atoms with E-state index in [9.17, 15) is 28.1 Å². The molecule has 0 saturated carbocycles. The molecule has 0 aliphatic rings. The third-order valence-corrected chi connectivity index (χ3v) is 3.46. The molecule has 1 heterocycles. The summed E-state index contributed by atoms with van der Waals surface area (Å²) in [6.45, 7) is -2.28. The normalized spacial score (nSPS) is 10.8. The molecule has 0 bridgehead atoms. The number of rotatable bonds is 6. The number of anilines is 1. The second kappa shape index (κ2) is 7.38. The van der Waals surface area contributed by atoms with Crippen molar-refractivity contribution in [1.82, 2.24) is 9.78 Å². The van der Waals surface area contributed by atoms with Crippen LogP contribution in [0.15, 0.2) is 18.2 Å². The molecule has 134 valence electrons. The smallest absolute Gasteiger partial charge is 0.408 e. The summed E-state index contributed by atoms with van der Waals surface area (Å²) in [5.41, 5.74) is -0.0243. The number of alkyl halides is 2. The van der Waals surface area contributed by atoms with Gasteiger partial charge >= 0.3 is 12.4 Å². The summed E-state index contributed by atoms with van der Waals surface area (Å²) in [4.78, 5) is 22.0. The third kappa shape index (κ3) is 4.38. The average Bonchev–Trinajstić information content (AvgIpc) is 2.78. The van der Waals surface area contributed by atoms with E-state index < -0.39 is 41.4 Å². The zero-order valence-corrected chi connectivity index (χ0v) is 13.3. The highest BCUT2D eigenvalue weighted by molar-refractivity contribution is 6.33. The van der Waals surface area contributed by atoms with Gasteiger partial charge in [0.1, 0.15) is 12.4 Å². The van der Waals surface area contributed by atoms with Crippen LogP contribution in [0.1, 0.15) is 5.69 Å². The highest BCUT2D eigenvalue weighted by Crippen LogP contribution is 2.28. The Morgan fingerprint density at radius 2 is 2.20 bits per heavy atom. The summed E-state index contributed by atoms with van der Waals surface area (Å²) >= 11 is 5.75. The van der Waals surface area contributed by atoms with Crippen molar-refractivity contribution in [3.8, 4) is 5.75 Å². The van der Waals surface area contributed by atoms with Gasteiger partial charge in [-0.15, -0.1) is 0 Å². The number of nitrogens with zero attached hydrogens (tertiary/aromatic N) is 3. The van der Waals surface area contributed by atoms with Crippen molar-refractivity contribution in [2.75, 3.05) is 5.32 Å². The average molecular weight is 379 g/mol. The van der Waals surface area contributed by atoms with E-state index in [1.54, 1.807) is 0 Å². The summed E-state index contributed by atoms with van der Waals surface area (Å²) in [5, 5.41) is 16.4. The number of amides is 1. The molecule has 0 spiro atoms. The molecule has 0 saturated heterocycles. The van der Waals surface area contributed by atoms with Gasteiger partial charge in [0.05, 0.1) is 16.5 Å². The Balaban J connectivity index is 2.19. The van der Waals surface area contributed by atoms with E-state index in [1.165, 1.54) is 6.92 Å².